The first-order valence-corrected chi connectivity index (χ1v) is 9.51. The monoisotopic (exact) mass is 395 g/mol. The molecule has 0 unspecified atom stereocenters. The van der Waals surface area contributed by atoms with Gasteiger partial charge in [0.2, 0.25) is 0 Å². The summed E-state index contributed by atoms with van der Waals surface area (Å²) in [7, 11) is 0. The highest BCUT2D eigenvalue weighted by Gasteiger charge is 2.34. The van der Waals surface area contributed by atoms with Crippen molar-refractivity contribution in [1.29, 1.82) is 0 Å². The Balaban J connectivity index is 2.24. The topological polar surface area (TPSA) is 71.1 Å². The largest absolute Gasteiger partial charge is 0.352 e. The number of unbranched alkanes of at least 4 members (excludes halogenated alkanes) is 1. The molecule has 2 aromatic rings. The Kier molecular flexibility index (Phi) is 6.64. The lowest BCUT2D eigenvalue weighted by Gasteiger charge is -2.12. The molecule has 146 valence electrons. The van der Waals surface area contributed by atoms with Crippen molar-refractivity contribution in [2.45, 2.75) is 46.5 Å². The van der Waals surface area contributed by atoms with Gasteiger partial charge < -0.3 is 10.6 Å². The van der Waals surface area contributed by atoms with Crippen molar-refractivity contribution in [3.63, 3.8) is 0 Å². The van der Waals surface area contributed by atoms with Gasteiger partial charge in [0.15, 0.2) is 0 Å². The van der Waals surface area contributed by atoms with Crippen LogP contribution in [-0.2, 0) is 5.92 Å². The van der Waals surface area contributed by atoms with Gasteiger partial charge in [-0.2, -0.15) is 8.78 Å². The molecule has 8 heteroatoms. The summed E-state index contributed by atoms with van der Waals surface area (Å²) in [6.07, 6.45) is 1.84. The van der Waals surface area contributed by atoms with Gasteiger partial charge in [-0.05, 0) is 38.0 Å². The smallest absolute Gasteiger partial charge is 0.288 e. The summed E-state index contributed by atoms with van der Waals surface area (Å²) in [5, 5.41) is 5.82. The Bertz CT molecular complexity index is 844. The molecule has 0 fully saturated rings. The van der Waals surface area contributed by atoms with E-state index in [-0.39, 0.29) is 10.8 Å². The van der Waals surface area contributed by atoms with Crippen LogP contribution in [0.15, 0.2) is 18.2 Å². The first-order chi connectivity index (χ1) is 12.6. The maximum absolute atomic E-state index is 13.7. The lowest BCUT2D eigenvalue weighted by Crippen LogP contribution is -2.24. The molecule has 2 rings (SSSR count). The zero-order valence-electron chi connectivity index (χ0n) is 15.8. The molecular formula is C19H23F2N3O2S. The minimum absolute atomic E-state index is 0.128. The van der Waals surface area contributed by atoms with Gasteiger partial charge in [0.05, 0.1) is 5.01 Å². The number of rotatable bonds is 7. The van der Waals surface area contributed by atoms with E-state index in [2.05, 4.69) is 15.6 Å². The molecule has 27 heavy (non-hydrogen) atoms. The molecule has 5 nitrogen and oxygen atoms in total. The van der Waals surface area contributed by atoms with Gasteiger partial charge in [-0.15, -0.1) is 11.3 Å². The van der Waals surface area contributed by atoms with Gasteiger partial charge in [0.25, 0.3) is 17.7 Å². The molecule has 0 bridgehead atoms. The Labute approximate surface area is 161 Å². The first-order valence-electron chi connectivity index (χ1n) is 8.69. The molecule has 0 aliphatic rings. The van der Waals surface area contributed by atoms with E-state index in [9.17, 15) is 18.4 Å². The molecule has 0 aliphatic carbocycles. The van der Waals surface area contributed by atoms with E-state index in [1.807, 2.05) is 6.92 Å². The number of nitrogens with zero attached hydrogens (tertiary/aromatic N) is 1. The SMILES string of the molecule is CCCCNC(=O)c1ccc(C)c(NC(=O)c2sc(C)nc2C(C)(F)F)c1. The van der Waals surface area contributed by atoms with Crippen LogP contribution in [0.1, 0.15) is 63.0 Å². The third-order valence-electron chi connectivity index (χ3n) is 3.92. The summed E-state index contributed by atoms with van der Waals surface area (Å²) >= 11 is 0.916. The minimum atomic E-state index is -3.21. The number of carbonyl (C=O) groups is 2. The fraction of sp³-hybridized carbons (Fsp3) is 0.421. The summed E-state index contributed by atoms with van der Waals surface area (Å²) in [5.74, 6) is -4.12. The number of aromatic nitrogens is 1. The van der Waals surface area contributed by atoms with Crippen LogP contribution in [0.5, 0.6) is 0 Å². The van der Waals surface area contributed by atoms with Gasteiger partial charge in [0.1, 0.15) is 10.6 Å². The van der Waals surface area contributed by atoms with Gasteiger partial charge in [-0.1, -0.05) is 19.4 Å². The molecule has 0 atom stereocenters. The van der Waals surface area contributed by atoms with Crippen molar-refractivity contribution in [2.75, 3.05) is 11.9 Å². The summed E-state index contributed by atoms with van der Waals surface area (Å²) in [4.78, 5) is 28.4. The Morgan fingerprint density at radius 2 is 1.93 bits per heavy atom. The molecule has 0 aliphatic heterocycles. The Morgan fingerprint density at radius 3 is 2.56 bits per heavy atom. The normalized spacial score (nSPS) is 11.3. The fourth-order valence-electron chi connectivity index (χ4n) is 2.44. The number of thiazole rings is 1. The molecule has 0 spiro atoms. The van der Waals surface area contributed by atoms with Crippen LogP contribution in [0.2, 0.25) is 0 Å². The standard InChI is InChI=1S/C19H23F2N3O2S/c1-5-6-9-22-17(25)13-8-7-11(2)14(10-13)24-18(26)15-16(19(4,20)21)23-12(3)27-15/h7-8,10H,5-6,9H2,1-4H3,(H,22,25)(H,24,26). The Hall–Kier alpha value is -2.35. The predicted octanol–water partition coefficient (Wildman–Crippen LogP) is 4.65. The maximum atomic E-state index is 13.7. The van der Waals surface area contributed by atoms with Crippen molar-refractivity contribution in [1.82, 2.24) is 10.3 Å². The number of aryl methyl sites for hydroxylation is 2. The number of amides is 2. The highest BCUT2D eigenvalue weighted by atomic mass is 32.1. The summed E-state index contributed by atoms with van der Waals surface area (Å²) in [6.45, 7) is 6.65. The first kappa shape index (κ1) is 21.0. The zero-order valence-corrected chi connectivity index (χ0v) is 16.6. The number of alkyl halides is 2. The molecule has 2 N–H and O–H groups in total. The van der Waals surface area contributed by atoms with Crippen LogP contribution in [-0.4, -0.2) is 23.3 Å². The van der Waals surface area contributed by atoms with Crippen LogP contribution < -0.4 is 10.6 Å². The number of nitrogens with one attached hydrogen (secondary N) is 2. The number of carbonyl (C=O) groups excluding carboxylic acids is 2. The second kappa shape index (κ2) is 8.56. The third kappa shape index (κ3) is 5.32. The quantitative estimate of drug-likeness (QED) is 0.670. The van der Waals surface area contributed by atoms with Gasteiger partial charge in [0, 0.05) is 24.7 Å². The van der Waals surface area contributed by atoms with E-state index in [4.69, 9.17) is 0 Å². The van der Waals surface area contributed by atoms with Crippen molar-refractivity contribution < 1.29 is 18.4 Å². The number of hydrogen-bond acceptors (Lipinski definition) is 4. The summed E-state index contributed by atoms with van der Waals surface area (Å²) in [5.41, 5.74) is 0.987. The average molecular weight is 395 g/mol. The maximum Gasteiger partial charge on any atom is 0.288 e. The van der Waals surface area contributed by atoms with Gasteiger partial charge >= 0.3 is 0 Å². The number of anilines is 1. The Morgan fingerprint density at radius 1 is 1.22 bits per heavy atom. The van der Waals surface area contributed by atoms with Crippen LogP contribution >= 0.6 is 11.3 Å². The lowest BCUT2D eigenvalue weighted by molar-refractivity contribution is 0.0124. The summed E-state index contributed by atoms with van der Waals surface area (Å²) < 4.78 is 27.5. The highest BCUT2D eigenvalue weighted by Crippen LogP contribution is 2.33. The van der Waals surface area contributed by atoms with E-state index in [1.165, 1.54) is 0 Å². The predicted molar refractivity (Wildman–Crippen MR) is 103 cm³/mol. The molecular weight excluding hydrogens is 372 g/mol. The molecule has 1 aromatic heterocycles. The highest BCUT2D eigenvalue weighted by molar-refractivity contribution is 7.13. The lowest BCUT2D eigenvalue weighted by atomic mass is 10.1. The van der Waals surface area contributed by atoms with Crippen molar-refractivity contribution in [3.8, 4) is 0 Å². The van der Waals surface area contributed by atoms with E-state index in [1.54, 1.807) is 32.0 Å². The van der Waals surface area contributed by atoms with Crippen molar-refractivity contribution in [3.05, 3.63) is 44.9 Å². The molecule has 0 saturated carbocycles. The van der Waals surface area contributed by atoms with Gasteiger partial charge in [-0.3, -0.25) is 9.59 Å². The van der Waals surface area contributed by atoms with Crippen LogP contribution in [0.3, 0.4) is 0 Å². The third-order valence-corrected chi connectivity index (χ3v) is 4.89. The van der Waals surface area contributed by atoms with Crippen LogP contribution in [0.4, 0.5) is 14.5 Å². The van der Waals surface area contributed by atoms with E-state index < -0.39 is 17.5 Å². The van der Waals surface area contributed by atoms with Gasteiger partial charge in [-0.25, -0.2) is 4.98 Å². The summed E-state index contributed by atoms with van der Waals surface area (Å²) in [6, 6.07) is 4.92. The average Bonchev–Trinajstić information content (AvgIpc) is 2.99. The zero-order chi connectivity index (χ0) is 20.2. The molecule has 1 aromatic carbocycles. The van der Waals surface area contributed by atoms with Crippen molar-refractivity contribution in [2.24, 2.45) is 0 Å². The molecule has 0 radical (unpaired) electrons. The second-order valence-corrected chi connectivity index (χ2v) is 7.60. The molecule has 1 heterocycles. The number of hydrogen-bond donors (Lipinski definition) is 2. The van der Waals surface area contributed by atoms with Crippen molar-refractivity contribution >= 4 is 28.8 Å². The van der Waals surface area contributed by atoms with Crippen LogP contribution in [0, 0.1) is 13.8 Å². The molecule has 2 amide bonds. The van der Waals surface area contributed by atoms with E-state index >= 15 is 0 Å². The number of benzene rings is 1. The van der Waals surface area contributed by atoms with E-state index in [0.29, 0.717) is 29.7 Å². The molecule has 0 saturated heterocycles. The fourth-order valence-corrected chi connectivity index (χ4v) is 3.33. The second-order valence-electron chi connectivity index (χ2n) is 6.39. The van der Waals surface area contributed by atoms with Crippen LogP contribution in [0.25, 0.3) is 0 Å². The van der Waals surface area contributed by atoms with E-state index in [0.717, 1.165) is 29.7 Å². The number of halogens is 2. The minimum Gasteiger partial charge on any atom is -0.352 e.